The molecule has 0 saturated carbocycles. The van der Waals surface area contributed by atoms with Crippen LogP contribution in [0.5, 0.6) is 0 Å². The Morgan fingerprint density at radius 3 is 2.43 bits per heavy atom. The molecule has 23 heavy (non-hydrogen) atoms. The summed E-state index contributed by atoms with van der Waals surface area (Å²) in [5.41, 5.74) is 0.716. The zero-order valence-electron chi connectivity index (χ0n) is 12.9. The molecule has 0 saturated heterocycles. The minimum atomic E-state index is -3.68. The van der Waals surface area contributed by atoms with E-state index in [2.05, 4.69) is 4.72 Å². The summed E-state index contributed by atoms with van der Waals surface area (Å²) in [5, 5.41) is 1.69. The monoisotopic (exact) mass is 353 g/mol. The van der Waals surface area contributed by atoms with Crippen LogP contribution in [0.1, 0.15) is 31.9 Å². The first kappa shape index (κ1) is 17.7. The highest BCUT2D eigenvalue weighted by atomic mass is 32.2. The van der Waals surface area contributed by atoms with Crippen molar-refractivity contribution in [3.63, 3.8) is 0 Å². The van der Waals surface area contributed by atoms with Gasteiger partial charge in [0.2, 0.25) is 0 Å². The molecule has 1 N–H and O–H groups in total. The highest BCUT2D eigenvalue weighted by molar-refractivity contribution is 7.91. The largest absolute Gasteiger partial charge is 0.463 e. The lowest BCUT2D eigenvalue weighted by atomic mass is 10.1. The van der Waals surface area contributed by atoms with Gasteiger partial charge in [-0.1, -0.05) is 36.4 Å². The van der Waals surface area contributed by atoms with Gasteiger partial charge < -0.3 is 4.74 Å². The Kier molecular flexibility index (Phi) is 5.92. The van der Waals surface area contributed by atoms with Crippen LogP contribution < -0.4 is 4.72 Å². The Bertz CT molecular complexity index is 725. The van der Waals surface area contributed by atoms with Crippen molar-refractivity contribution in [2.24, 2.45) is 0 Å². The van der Waals surface area contributed by atoms with Gasteiger partial charge in [0.05, 0.1) is 18.6 Å². The fourth-order valence-electron chi connectivity index (χ4n) is 2.05. The number of benzene rings is 1. The number of carbonyl (C=O) groups is 1. The molecule has 0 radical (unpaired) electrons. The molecule has 0 fully saturated rings. The molecular formula is C16H19NO4S2. The van der Waals surface area contributed by atoms with Crippen molar-refractivity contribution in [2.45, 2.75) is 36.6 Å². The van der Waals surface area contributed by atoms with Crippen LogP contribution in [0.15, 0.2) is 52.1 Å². The highest BCUT2D eigenvalue weighted by Crippen LogP contribution is 2.23. The number of sulfonamides is 1. The summed E-state index contributed by atoms with van der Waals surface area (Å²) in [6, 6.07) is 11.5. The van der Waals surface area contributed by atoms with Crippen LogP contribution in [-0.2, 0) is 19.6 Å². The van der Waals surface area contributed by atoms with Crippen molar-refractivity contribution in [1.82, 2.24) is 4.72 Å². The maximum absolute atomic E-state index is 12.4. The SMILES string of the molecule is CC(C)OC(=O)CC(NS(=O)(=O)c1cccs1)c1ccccc1. The maximum atomic E-state index is 12.4. The van der Waals surface area contributed by atoms with E-state index in [1.54, 1.807) is 49.6 Å². The number of rotatable bonds is 7. The lowest BCUT2D eigenvalue weighted by molar-refractivity contribution is -0.147. The van der Waals surface area contributed by atoms with E-state index in [1.807, 2.05) is 6.07 Å². The zero-order chi connectivity index (χ0) is 16.9. The summed E-state index contributed by atoms with van der Waals surface area (Å²) in [6.07, 6.45) is -0.305. The Morgan fingerprint density at radius 2 is 1.87 bits per heavy atom. The Hall–Kier alpha value is -1.70. The maximum Gasteiger partial charge on any atom is 0.308 e. The molecular weight excluding hydrogens is 334 g/mol. The third kappa shape index (κ3) is 5.16. The Morgan fingerprint density at radius 1 is 1.17 bits per heavy atom. The molecule has 0 spiro atoms. The summed E-state index contributed by atoms with van der Waals surface area (Å²) in [6.45, 7) is 3.51. The van der Waals surface area contributed by atoms with E-state index in [1.165, 1.54) is 6.07 Å². The second-order valence-electron chi connectivity index (χ2n) is 5.26. The van der Waals surface area contributed by atoms with Gasteiger partial charge >= 0.3 is 5.97 Å². The molecule has 1 aromatic heterocycles. The van der Waals surface area contributed by atoms with E-state index >= 15 is 0 Å². The van der Waals surface area contributed by atoms with Gasteiger partial charge in [-0.2, -0.15) is 0 Å². The van der Waals surface area contributed by atoms with Crippen LogP contribution in [0.2, 0.25) is 0 Å². The molecule has 0 aliphatic heterocycles. The van der Waals surface area contributed by atoms with Gasteiger partial charge in [0.25, 0.3) is 10.0 Å². The van der Waals surface area contributed by atoms with Gasteiger partial charge in [-0.3, -0.25) is 4.79 Å². The summed E-state index contributed by atoms with van der Waals surface area (Å²) in [4.78, 5) is 12.0. The molecule has 1 heterocycles. The van der Waals surface area contributed by atoms with Crippen LogP contribution in [0.3, 0.4) is 0 Å². The van der Waals surface area contributed by atoms with Gasteiger partial charge in [0.1, 0.15) is 4.21 Å². The van der Waals surface area contributed by atoms with E-state index in [9.17, 15) is 13.2 Å². The minimum absolute atomic E-state index is 0.0627. The fraction of sp³-hybridized carbons (Fsp3) is 0.312. The standard InChI is InChI=1S/C16H19NO4S2/c1-12(2)21-15(18)11-14(13-7-4-3-5-8-13)17-23(19,20)16-9-6-10-22-16/h3-10,12,14,17H,11H2,1-2H3. The summed E-state index contributed by atoms with van der Waals surface area (Å²) >= 11 is 1.13. The van der Waals surface area contributed by atoms with Gasteiger partial charge in [-0.15, -0.1) is 11.3 Å². The number of esters is 1. The van der Waals surface area contributed by atoms with E-state index < -0.39 is 22.0 Å². The van der Waals surface area contributed by atoms with Gasteiger partial charge in [0.15, 0.2) is 0 Å². The topological polar surface area (TPSA) is 72.5 Å². The minimum Gasteiger partial charge on any atom is -0.463 e. The van der Waals surface area contributed by atoms with E-state index in [-0.39, 0.29) is 16.7 Å². The van der Waals surface area contributed by atoms with Gasteiger partial charge in [-0.25, -0.2) is 13.1 Å². The lowest BCUT2D eigenvalue weighted by Crippen LogP contribution is -2.30. The van der Waals surface area contributed by atoms with Crippen molar-refractivity contribution in [3.05, 3.63) is 53.4 Å². The van der Waals surface area contributed by atoms with E-state index in [0.29, 0.717) is 5.56 Å². The van der Waals surface area contributed by atoms with Crippen molar-refractivity contribution >= 4 is 27.3 Å². The fourth-order valence-corrected chi connectivity index (χ4v) is 4.29. The number of carbonyl (C=O) groups excluding carboxylic acids is 1. The molecule has 2 rings (SSSR count). The molecule has 1 aromatic carbocycles. The molecule has 0 amide bonds. The predicted octanol–water partition coefficient (Wildman–Crippen LogP) is 3.11. The third-order valence-electron chi connectivity index (χ3n) is 3.00. The van der Waals surface area contributed by atoms with Crippen LogP contribution in [-0.4, -0.2) is 20.5 Å². The van der Waals surface area contributed by atoms with Crippen molar-refractivity contribution < 1.29 is 17.9 Å². The Balaban J connectivity index is 2.22. The summed E-state index contributed by atoms with van der Waals surface area (Å²) < 4.78 is 32.8. The van der Waals surface area contributed by atoms with Crippen LogP contribution in [0, 0.1) is 0 Å². The molecule has 5 nitrogen and oxygen atoms in total. The van der Waals surface area contributed by atoms with Crippen molar-refractivity contribution in [1.29, 1.82) is 0 Å². The van der Waals surface area contributed by atoms with E-state index in [4.69, 9.17) is 4.74 Å². The molecule has 0 aliphatic rings. The first-order chi connectivity index (χ1) is 10.9. The molecule has 2 aromatic rings. The molecule has 0 aliphatic carbocycles. The molecule has 124 valence electrons. The van der Waals surface area contributed by atoms with Crippen LogP contribution >= 0.6 is 11.3 Å². The number of thiophene rings is 1. The molecule has 0 bridgehead atoms. The molecule has 1 unspecified atom stereocenters. The van der Waals surface area contributed by atoms with Crippen LogP contribution in [0.4, 0.5) is 0 Å². The molecule has 7 heteroatoms. The molecule has 1 atom stereocenters. The lowest BCUT2D eigenvalue weighted by Gasteiger charge is -2.19. The zero-order valence-corrected chi connectivity index (χ0v) is 14.6. The second-order valence-corrected chi connectivity index (χ2v) is 8.15. The normalized spacial score (nSPS) is 13.0. The number of nitrogens with one attached hydrogen (secondary N) is 1. The first-order valence-electron chi connectivity index (χ1n) is 7.19. The smallest absolute Gasteiger partial charge is 0.308 e. The average molecular weight is 353 g/mol. The number of hydrogen-bond acceptors (Lipinski definition) is 5. The first-order valence-corrected chi connectivity index (χ1v) is 9.55. The quantitative estimate of drug-likeness (QED) is 0.776. The van der Waals surface area contributed by atoms with Crippen molar-refractivity contribution in [3.8, 4) is 0 Å². The summed E-state index contributed by atoms with van der Waals surface area (Å²) in [7, 11) is -3.68. The Labute approximate surface area is 140 Å². The highest BCUT2D eigenvalue weighted by Gasteiger charge is 2.25. The third-order valence-corrected chi connectivity index (χ3v) is 5.87. The van der Waals surface area contributed by atoms with Crippen molar-refractivity contribution in [2.75, 3.05) is 0 Å². The number of hydrogen-bond donors (Lipinski definition) is 1. The van der Waals surface area contributed by atoms with Gasteiger partial charge in [0, 0.05) is 0 Å². The second kappa shape index (κ2) is 7.72. The van der Waals surface area contributed by atoms with Crippen LogP contribution in [0.25, 0.3) is 0 Å². The average Bonchev–Trinajstić information content (AvgIpc) is 3.01. The summed E-state index contributed by atoms with van der Waals surface area (Å²) in [5.74, 6) is -0.442. The number of ether oxygens (including phenoxy) is 1. The predicted molar refractivity (Wildman–Crippen MR) is 89.7 cm³/mol. The van der Waals surface area contributed by atoms with Gasteiger partial charge in [-0.05, 0) is 30.9 Å². The van der Waals surface area contributed by atoms with E-state index in [0.717, 1.165) is 11.3 Å².